The Morgan fingerprint density at radius 1 is 1.50 bits per heavy atom. The summed E-state index contributed by atoms with van der Waals surface area (Å²) in [5, 5.41) is 11.8. The second-order valence-electron chi connectivity index (χ2n) is 4.34. The number of furan rings is 1. The lowest BCUT2D eigenvalue weighted by Gasteiger charge is -2.10. The van der Waals surface area contributed by atoms with Gasteiger partial charge in [-0.2, -0.15) is 5.10 Å². The van der Waals surface area contributed by atoms with Crippen LogP contribution in [0.15, 0.2) is 29.0 Å². The van der Waals surface area contributed by atoms with Crippen molar-refractivity contribution in [1.29, 1.82) is 0 Å². The Labute approximate surface area is 128 Å². The third kappa shape index (κ3) is 4.25. The molecule has 0 amide bonds. The molecule has 108 valence electrons. The van der Waals surface area contributed by atoms with Crippen LogP contribution in [0.5, 0.6) is 0 Å². The highest BCUT2D eigenvalue weighted by Crippen LogP contribution is 2.13. The van der Waals surface area contributed by atoms with Gasteiger partial charge in [0.15, 0.2) is 5.11 Å². The number of aryl methyl sites for hydroxylation is 1. The normalized spacial score (nSPS) is 10.5. The molecule has 2 aromatic rings. The van der Waals surface area contributed by atoms with E-state index < -0.39 is 0 Å². The monoisotopic (exact) mass is 312 g/mol. The summed E-state index contributed by atoms with van der Waals surface area (Å²) in [7, 11) is 0. The minimum Gasteiger partial charge on any atom is -0.467 e. The summed E-state index contributed by atoms with van der Waals surface area (Å²) in [6.07, 6.45) is 4.23. The first-order valence-electron chi connectivity index (χ1n) is 6.39. The average Bonchev–Trinajstić information content (AvgIpc) is 3.06. The fraction of sp³-hybridized carbons (Fsp3) is 0.385. The number of nitrogens with one attached hydrogen (secondary N) is 2. The van der Waals surface area contributed by atoms with Crippen LogP contribution in [0.25, 0.3) is 0 Å². The van der Waals surface area contributed by atoms with Crippen LogP contribution < -0.4 is 10.6 Å². The Morgan fingerprint density at radius 3 is 3.00 bits per heavy atom. The molecule has 0 aliphatic rings. The van der Waals surface area contributed by atoms with Crippen molar-refractivity contribution < 1.29 is 4.42 Å². The van der Waals surface area contributed by atoms with Crippen LogP contribution in [0.4, 0.5) is 0 Å². The smallest absolute Gasteiger partial charge is 0.166 e. The molecule has 2 aromatic heterocycles. The highest BCUT2D eigenvalue weighted by Gasteiger charge is 2.03. The number of rotatable bonds is 6. The summed E-state index contributed by atoms with van der Waals surface area (Å²) in [6, 6.07) is 3.75. The number of thiocarbonyl (C=S) groups is 1. The lowest BCUT2D eigenvalue weighted by Crippen LogP contribution is -2.35. The molecule has 7 heteroatoms. The van der Waals surface area contributed by atoms with Gasteiger partial charge in [-0.3, -0.25) is 4.68 Å². The van der Waals surface area contributed by atoms with E-state index in [0.717, 1.165) is 31.0 Å². The van der Waals surface area contributed by atoms with Crippen LogP contribution in [0, 0.1) is 6.92 Å². The lowest BCUT2D eigenvalue weighted by molar-refractivity contribution is 0.501. The SMILES string of the molecule is Cc1c(Cl)cnn1CCCNC(=S)NCc1ccco1. The van der Waals surface area contributed by atoms with Crippen molar-refractivity contribution in [3.8, 4) is 0 Å². The van der Waals surface area contributed by atoms with Gasteiger partial charge in [-0.05, 0) is 37.7 Å². The van der Waals surface area contributed by atoms with E-state index in [9.17, 15) is 0 Å². The number of hydrogen-bond acceptors (Lipinski definition) is 3. The minimum absolute atomic E-state index is 0.590. The summed E-state index contributed by atoms with van der Waals surface area (Å²) >= 11 is 11.1. The summed E-state index contributed by atoms with van der Waals surface area (Å²) in [6.45, 7) is 4.14. The third-order valence-electron chi connectivity index (χ3n) is 2.88. The van der Waals surface area contributed by atoms with E-state index in [2.05, 4.69) is 15.7 Å². The number of halogens is 1. The van der Waals surface area contributed by atoms with E-state index in [1.54, 1.807) is 12.5 Å². The van der Waals surface area contributed by atoms with Gasteiger partial charge in [0.05, 0.1) is 29.7 Å². The molecule has 2 rings (SSSR count). The number of nitrogens with zero attached hydrogens (tertiary/aromatic N) is 2. The molecule has 0 spiro atoms. The standard InChI is InChI=1S/C13H17ClN4OS/c1-10-12(14)9-17-18(10)6-3-5-15-13(20)16-8-11-4-2-7-19-11/h2,4,7,9H,3,5-6,8H2,1H3,(H2,15,16,20). The maximum atomic E-state index is 5.94. The van der Waals surface area contributed by atoms with Crippen molar-refractivity contribution in [2.75, 3.05) is 6.54 Å². The van der Waals surface area contributed by atoms with Crippen LogP contribution in [0.2, 0.25) is 5.02 Å². The van der Waals surface area contributed by atoms with Gasteiger partial charge in [-0.25, -0.2) is 0 Å². The van der Waals surface area contributed by atoms with Gasteiger partial charge < -0.3 is 15.1 Å². The zero-order chi connectivity index (χ0) is 14.4. The Balaban J connectivity index is 1.61. The molecule has 20 heavy (non-hydrogen) atoms. The zero-order valence-electron chi connectivity index (χ0n) is 11.2. The van der Waals surface area contributed by atoms with Crippen molar-refractivity contribution in [2.45, 2.75) is 26.4 Å². The highest BCUT2D eigenvalue weighted by atomic mass is 35.5. The molecule has 0 saturated carbocycles. The summed E-state index contributed by atoms with van der Waals surface area (Å²) in [4.78, 5) is 0. The first-order valence-corrected chi connectivity index (χ1v) is 7.17. The first-order chi connectivity index (χ1) is 9.66. The molecule has 0 aliphatic heterocycles. The van der Waals surface area contributed by atoms with Crippen LogP contribution in [0.3, 0.4) is 0 Å². The average molecular weight is 313 g/mol. The second-order valence-corrected chi connectivity index (χ2v) is 5.16. The molecule has 0 bridgehead atoms. The molecular weight excluding hydrogens is 296 g/mol. The summed E-state index contributed by atoms with van der Waals surface area (Å²) in [5.74, 6) is 0.857. The van der Waals surface area contributed by atoms with Crippen molar-refractivity contribution in [1.82, 2.24) is 20.4 Å². The lowest BCUT2D eigenvalue weighted by atomic mass is 10.4. The molecule has 0 unspecified atom stereocenters. The maximum absolute atomic E-state index is 5.94. The largest absolute Gasteiger partial charge is 0.467 e. The van der Waals surface area contributed by atoms with Gasteiger partial charge in [0.1, 0.15) is 5.76 Å². The predicted molar refractivity (Wildman–Crippen MR) is 82.7 cm³/mol. The Morgan fingerprint density at radius 2 is 2.35 bits per heavy atom. The number of aromatic nitrogens is 2. The van der Waals surface area contributed by atoms with Crippen LogP contribution >= 0.6 is 23.8 Å². The van der Waals surface area contributed by atoms with Gasteiger partial charge >= 0.3 is 0 Å². The molecular formula is C13H17ClN4OS. The molecule has 5 nitrogen and oxygen atoms in total. The van der Waals surface area contributed by atoms with Crippen molar-refractivity contribution in [2.24, 2.45) is 0 Å². The van der Waals surface area contributed by atoms with Gasteiger partial charge in [-0.15, -0.1) is 0 Å². The maximum Gasteiger partial charge on any atom is 0.166 e. The fourth-order valence-corrected chi connectivity index (χ4v) is 2.04. The van der Waals surface area contributed by atoms with E-state index in [1.807, 2.05) is 23.7 Å². The second kappa shape index (κ2) is 7.31. The Bertz CT molecular complexity index is 553. The van der Waals surface area contributed by atoms with Gasteiger partial charge in [0.2, 0.25) is 0 Å². The fourth-order valence-electron chi connectivity index (χ4n) is 1.72. The van der Waals surface area contributed by atoms with Crippen molar-refractivity contribution in [3.05, 3.63) is 41.1 Å². The molecule has 0 atom stereocenters. The van der Waals surface area contributed by atoms with Crippen LogP contribution in [0.1, 0.15) is 17.9 Å². The molecule has 0 aromatic carbocycles. The number of hydrogen-bond donors (Lipinski definition) is 2. The van der Waals surface area contributed by atoms with Gasteiger partial charge in [0.25, 0.3) is 0 Å². The molecule has 0 aliphatic carbocycles. The topological polar surface area (TPSA) is 55.0 Å². The molecule has 0 saturated heterocycles. The van der Waals surface area contributed by atoms with Gasteiger partial charge in [0, 0.05) is 13.1 Å². The first kappa shape index (κ1) is 14.9. The third-order valence-corrected chi connectivity index (χ3v) is 3.54. The molecule has 0 fully saturated rings. The Hall–Kier alpha value is -1.53. The minimum atomic E-state index is 0.590. The Kier molecular flexibility index (Phi) is 5.43. The highest BCUT2D eigenvalue weighted by molar-refractivity contribution is 7.80. The van der Waals surface area contributed by atoms with E-state index >= 15 is 0 Å². The van der Waals surface area contributed by atoms with E-state index in [4.69, 9.17) is 28.2 Å². The van der Waals surface area contributed by atoms with E-state index in [0.29, 0.717) is 16.7 Å². The predicted octanol–water partition coefficient (Wildman–Crippen LogP) is 2.49. The van der Waals surface area contributed by atoms with Gasteiger partial charge in [-0.1, -0.05) is 11.6 Å². The quantitative estimate of drug-likeness (QED) is 0.634. The summed E-state index contributed by atoms with van der Waals surface area (Å²) < 4.78 is 7.10. The van der Waals surface area contributed by atoms with Crippen molar-refractivity contribution >= 4 is 28.9 Å². The van der Waals surface area contributed by atoms with E-state index in [-0.39, 0.29) is 0 Å². The van der Waals surface area contributed by atoms with Crippen molar-refractivity contribution in [3.63, 3.8) is 0 Å². The molecule has 2 N–H and O–H groups in total. The molecule has 0 radical (unpaired) electrons. The molecule has 2 heterocycles. The van der Waals surface area contributed by atoms with E-state index in [1.165, 1.54) is 0 Å². The zero-order valence-corrected chi connectivity index (χ0v) is 12.8. The summed E-state index contributed by atoms with van der Waals surface area (Å²) in [5.41, 5.74) is 0.991. The van der Waals surface area contributed by atoms with Crippen LogP contribution in [-0.4, -0.2) is 21.4 Å². The van der Waals surface area contributed by atoms with Crippen LogP contribution in [-0.2, 0) is 13.1 Å².